The van der Waals surface area contributed by atoms with Crippen LogP contribution < -0.4 is 14.5 Å². The Morgan fingerprint density at radius 2 is 1.67 bits per heavy atom. The van der Waals surface area contributed by atoms with Crippen LogP contribution in [0.4, 0.5) is 11.5 Å². The van der Waals surface area contributed by atoms with Crippen LogP contribution in [0.15, 0.2) is 48.6 Å². The predicted octanol–water partition coefficient (Wildman–Crippen LogP) is 4.52. The quantitative estimate of drug-likeness (QED) is 0.367. The van der Waals surface area contributed by atoms with Gasteiger partial charge in [0.25, 0.3) is 0 Å². The minimum atomic E-state index is 0.0739. The van der Waals surface area contributed by atoms with Crippen LogP contribution in [0.1, 0.15) is 36.6 Å². The Balaban J connectivity index is 0.000000466. The van der Waals surface area contributed by atoms with Crippen molar-refractivity contribution in [1.82, 2.24) is 24.7 Å². The molecule has 2 fully saturated rings. The maximum atomic E-state index is 12.6. The van der Waals surface area contributed by atoms with E-state index < -0.39 is 0 Å². The van der Waals surface area contributed by atoms with E-state index in [9.17, 15) is 4.79 Å². The third-order valence-corrected chi connectivity index (χ3v) is 8.59. The topological polar surface area (TPSA) is 92.1 Å². The van der Waals surface area contributed by atoms with Crippen LogP contribution in [0.25, 0.3) is 10.8 Å². The Labute approximate surface area is 274 Å². The third kappa shape index (κ3) is 8.95. The largest absolute Gasteiger partial charge is 0.467 e. The van der Waals surface area contributed by atoms with Gasteiger partial charge < -0.3 is 29.2 Å². The number of nitriles is 1. The Morgan fingerprint density at radius 3 is 2.28 bits per heavy atom. The molecule has 3 aromatic rings. The number of methoxy groups -OCH3 is 1. The second-order valence-electron chi connectivity index (χ2n) is 12.3. The summed E-state index contributed by atoms with van der Waals surface area (Å²) < 4.78 is 5.52. The van der Waals surface area contributed by atoms with Crippen LogP contribution in [0.2, 0.25) is 0 Å². The lowest BCUT2D eigenvalue weighted by Crippen LogP contribution is -2.49. The molecule has 0 unspecified atom stereocenters. The van der Waals surface area contributed by atoms with Crippen molar-refractivity contribution in [2.45, 2.75) is 39.7 Å². The monoisotopic (exact) mass is 626 g/mol. The third-order valence-electron chi connectivity index (χ3n) is 8.59. The second-order valence-corrected chi connectivity index (χ2v) is 12.3. The molecular formula is C36H50N8O2. The maximum absolute atomic E-state index is 12.6. The zero-order valence-corrected chi connectivity index (χ0v) is 28.5. The summed E-state index contributed by atoms with van der Waals surface area (Å²) in [6, 6.07) is 15.1. The smallest absolute Gasteiger partial charge is 0.318 e. The molecule has 0 spiro atoms. The fraction of sp³-hybridized carbons (Fsp3) is 0.500. The molecule has 1 aromatic heterocycles. The molecule has 2 aromatic carbocycles. The van der Waals surface area contributed by atoms with Crippen molar-refractivity contribution in [3.05, 3.63) is 65.4 Å². The molecule has 10 heteroatoms. The molecule has 4 heterocycles. The van der Waals surface area contributed by atoms with E-state index in [1.165, 1.54) is 60.4 Å². The number of benzene rings is 2. The Hall–Kier alpha value is -4.20. The Morgan fingerprint density at radius 1 is 1.00 bits per heavy atom. The normalized spacial score (nSPS) is 16.4. The van der Waals surface area contributed by atoms with E-state index in [1.54, 1.807) is 19.3 Å². The molecule has 246 valence electrons. The van der Waals surface area contributed by atoms with E-state index in [0.29, 0.717) is 25.6 Å². The highest BCUT2D eigenvalue weighted by Gasteiger charge is 2.29. The van der Waals surface area contributed by atoms with Gasteiger partial charge in [-0.05, 0) is 77.4 Å². The fourth-order valence-electron chi connectivity index (χ4n) is 6.20. The highest BCUT2D eigenvalue weighted by molar-refractivity contribution is 5.97. The van der Waals surface area contributed by atoms with Crippen molar-refractivity contribution >= 4 is 28.2 Å². The first-order valence-corrected chi connectivity index (χ1v) is 16.3. The second kappa shape index (κ2) is 16.9. The highest BCUT2D eigenvalue weighted by atomic mass is 16.5. The zero-order valence-electron chi connectivity index (χ0n) is 28.5. The number of hydrogen-bond donors (Lipinski definition) is 0. The van der Waals surface area contributed by atoms with Gasteiger partial charge in [0.15, 0.2) is 0 Å². The molecule has 0 N–H and O–H groups in total. The Bertz CT molecular complexity index is 1510. The average Bonchev–Trinajstić information content (AvgIpc) is 3.55. The van der Waals surface area contributed by atoms with Gasteiger partial charge in [0.2, 0.25) is 5.91 Å². The van der Waals surface area contributed by atoms with Crippen molar-refractivity contribution < 1.29 is 9.53 Å². The molecule has 1 amide bonds. The summed E-state index contributed by atoms with van der Waals surface area (Å²) >= 11 is 0. The van der Waals surface area contributed by atoms with Gasteiger partial charge in [0.1, 0.15) is 5.82 Å². The van der Waals surface area contributed by atoms with Gasteiger partial charge in [-0.25, -0.2) is 0 Å². The number of nitrogens with zero attached hydrogens (tertiary/aromatic N) is 8. The first-order chi connectivity index (χ1) is 22.2. The molecule has 10 nitrogen and oxygen atoms in total. The predicted molar refractivity (Wildman–Crippen MR) is 187 cm³/mol. The minimum Gasteiger partial charge on any atom is -0.467 e. The van der Waals surface area contributed by atoms with Crippen LogP contribution in [-0.4, -0.2) is 111 Å². The summed E-state index contributed by atoms with van der Waals surface area (Å²) in [5.41, 5.74) is 4.74. The summed E-state index contributed by atoms with van der Waals surface area (Å²) in [6.07, 6.45) is 7.30. The number of carbonyl (C=O) groups is 1. The number of aromatic nitrogens is 2. The lowest BCUT2D eigenvalue weighted by Gasteiger charge is -2.38. The van der Waals surface area contributed by atoms with Gasteiger partial charge in [-0.15, -0.1) is 0 Å². The van der Waals surface area contributed by atoms with Crippen molar-refractivity contribution in [2.24, 2.45) is 0 Å². The van der Waals surface area contributed by atoms with E-state index in [1.807, 2.05) is 30.0 Å². The van der Waals surface area contributed by atoms with Crippen LogP contribution in [0, 0.1) is 18.3 Å². The van der Waals surface area contributed by atoms with Crippen LogP contribution in [0.5, 0.6) is 6.01 Å². The van der Waals surface area contributed by atoms with Crippen LogP contribution >= 0.6 is 0 Å². The number of carbonyl (C=O) groups excluding carboxylic acids is 1. The zero-order chi connectivity index (χ0) is 33.1. The van der Waals surface area contributed by atoms with Crippen LogP contribution in [-0.2, 0) is 17.8 Å². The molecule has 0 atom stereocenters. The van der Waals surface area contributed by atoms with E-state index in [2.05, 4.69) is 65.1 Å². The maximum Gasteiger partial charge on any atom is 0.318 e. The summed E-state index contributed by atoms with van der Waals surface area (Å²) in [5.74, 6) is 1.02. The molecule has 46 heavy (non-hydrogen) atoms. The fourth-order valence-corrected chi connectivity index (χ4v) is 6.20. The highest BCUT2D eigenvalue weighted by Crippen LogP contribution is 2.35. The van der Waals surface area contributed by atoms with Gasteiger partial charge >= 0.3 is 6.01 Å². The molecule has 0 radical (unpaired) electrons. The average molecular weight is 627 g/mol. The van der Waals surface area contributed by atoms with Gasteiger partial charge in [-0.1, -0.05) is 36.4 Å². The molecule has 0 bridgehead atoms. The number of anilines is 2. The standard InChI is InChI=1S/C29H36N6O2.C5H11N.C2H3N/c1-21-8-5-9-22-10-6-11-25(27(21)22)35-15-13-23-24(20-35)30-29(37-4)31-28(23)34-18-16-33(17-19-34)26(36)12-7-14-32(2)3;1-6-4-2-3-5-6;1-2-3/h5-12H,13-20H2,1-4H3;2-5H2,1H3;1H3/b12-7+;;. The summed E-state index contributed by atoms with van der Waals surface area (Å²) in [7, 11) is 7.78. The lowest BCUT2D eigenvalue weighted by molar-refractivity contribution is -0.126. The van der Waals surface area contributed by atoms with Crippen LogP contribution in [0.3, 0.4) is 0 Å². The number of hydrogen-bond acceptors (Lipinski definition) is 9. The SMILES string of the molecule is CC#N.CN1CCCC1.COc1nc2c(c(N3CCN(C(=O)/C=C/CN(C)C)CC3)n1)CCN(c1cccc3cccc(C)c13)C2. The number of rotatable bonds is 6. The molecule has 0 aliphatic carbocycles. The van der Waals surface area contributed by atoms with Gasteiger partial charge in [-0.2, -0.15) is 15.2 Å². The number of piperazine rings is 1. The molecule has 3 aliphatic rings. The van der Waals surface area contributed by atoms with Gasteiger partial charge in [0, 0.05) is 68.9 Å². The number of amides is 1. The summed E-state index contributed by atoms with van der Waals surface area (Å²) in [5, 5.41) is 9.88. The van der Waals surface area contributed by atoms with E-state index >= 15 is 0 Å². The first-order valence-electron chi connectivity index (χ1n) is 16.3. The number of ether oxygens (including phenoxy) is 1. The van der Waals surface area contributed by atoms with E-state index in [-0.39, 0.29) is 5.91 Å². The van der Waals surface area contributed by atoms with Gasteiger partial charge in [-0.3, -0.25) is 4.79 Å². The van der Waals surface area contributed by atoms with Gasteiger partial charge in [0.05, 0.1) is 25.4 Å². The molecule has 3 aliphatic heterocycles. The minimum absolute atomic E-state index is 0.0739. The van der Waals surface area contributed by atoms with Crippen molar-refractivity contribution in [3.63, 3.8) is 0 Å². The van der Waals surface area contributed by atoms with E-state index in [4.69, 9.17) is 20.0 Å². The first kappa shape index (κ1) is 34.7. The molecule has 6 rings (SSSR count). The van der Waals surface area contributed by atoms with Crippen molar-refractivity contribution in [2.75, 3.05) is 90.4 Å². The molecule has 0 saturated carbocycles. The summed E-state index contributed by atoms with van der Waals surface area (Å²) in [6.45, 7) is 11.4. The Kier molecular flexibility index (Phi) is 12.8. The van der Waals surface area contributed by atoms with Crippen molar-refractivity contribution in [3.8, 4) is 12.1 Å². The number of likely N-dealkylation sites (tertiary alicyclic amines) is 1. The molecular weight excluding hydrogens is 576 g/mol. The number of aryl methyl sites for hydroxylation is 1. The summed E-state index contributed by atoms with van der Waals surface area (Å²) in [4.78, 5) is 33.2. The molecule has 2 saturated heterocycles. The number of likely N-dealkylation sites (N-methyl/N-ethyl adjacent to an activating group) is 1. The lowest BCUT2D eigenvalue weighted by atomic mass is 9.99. The van der Waals surface area contributed by atoms with E-state index in [0.717, 1.165) is 44.1 Å². The number of fused-ring (bicyclic) bond motifs is 2. The van der Waals surface area contributed by atoms with Crippen molar-refractivity contribution in [1.29, 1.82) is 5.26 Å².